The van der Waals surface area contributed by atoms with Crippen LogP contribution in [0.3, 0.4) is 0 Å². The Balaban J connectivity index is 2.16. The summed E-state index contributed by atoms with van der Waals surface area (Å²) < 4.78 is 0. The fraction of sp³-hybridized carbons (Fsp3) is 0.364. The molecule has 1 fully saturated rings. The van der Waals surface area contributed by atoms with Crippen molar-refractivity contribution in [1.29, 1.82) is 0 Å². The quantitative estimate of drug-likeness (QED) is 0.755. The average Bonchev–Trinajstić information content (AvgIpc) is 2.65. The van der Waals surface area contributed by atoms with E-state index in [2.05, 4.69) is 5.32 Å². The standard InChI is InChI=1S/C11H14N2O/c1-13(9-5-3-2-4-6-9)10-7-8-12-11(10)14/h2-6,10H,7-8H2,1H3,(H,12,14)/t10-/m0/s1. The summed E-state index contributed by atoms with van der Waals surface area (Å²) in [6, 6.07) is 9.98. The second-order valence-corrected chi connectivity index (χ2v) is 3.54. The molecule has 0 saturated carbocycles. The van der Waals surface area contributed by atoms with Gasteiger partial charge in [0.1, 0.15) is 6.04 Å². The molecule has 1 aromatic rings. The Kier molecular flexibility index (Phi) is 2.39. The number of para-hydroxylation sites is 1. The number of hydrogen-bond donors (Lipinski definition) is 1. The van der Waals surface area contributed by atoms with E-state index in [1.54, 1.807) is 0 Å². The van der Waals surface area contributed by atoms with E-state index in [4.69, 9.17) is 0 Å². The number of nitrogens with zero attached hydrogens (tertiary/aromatic N) is 1. The minimum atomic E-state index is -0.00241. The Morgan fingerprint density at radius 3 is 2.64 bits per heavy atom. The Bertz CT molecular complexity index is 323. The van der Waals surface area contributed by atoms with Crippen molar-refractivity contribution in [2.45, 2.75) is 12.5 Å². The smallest absolute Gasteiger partial charge is 0.242 e. The topological polar surface area (TPSA) is 32.3 Å². The molecule has 3 nitrogen and oxygen atoms in total. The fourth-order valence-electron chi connectivity index (χ4n) is 1.79. The highest BCUT2D eigenvalue weighted by Gasteiger charge is 2.27. The van der Waals surface area contributed by atoms with Crippen LogP contribution in [0.4, 0.5) is 5.69 Å². The second kappa shape index (κ2) is 3.70. The predicted octanol–water partition coefficient (Wildman–Crippen LogP) is 1.01. The zero-order chi connectivity index (χ0) is 9.97. The molecule has 1 aliphatic rings. The summed E-state index contributed by atoms with van der Waals surface area (Å²) in [6.07, 6.45) is 0.893. The van der Waals surface area contributed by atoms with E-state index < -0.39 is 0 Å². The number of likely N-dealkylation sites (N-methyl/N-ethyl adjacent to an activating group) is 1. The molecular formula is C11H14N2O. The molecule has 1 heterocycles. The number of benzene rings is 1. The van der Waals surface area contributed by atoms with Crippen LogP contribution in [0.1, 0.15) is 6.42 Å². The monoisotopic (exact) mass is 190 g/mol. The lowest BCUT2D eigenvalue weighted by Gasteiger charge is -2.24. The van der Waals surface area contributed by atoms with E-state index in [-0.39, 0.29) is 11.9 Å². The van der Waals surface area contributed by atoms with Gasteiger partial charge >= 0.3 is 0 Å². The molecule has 0 bridgehead atoms. The summed E-state index contributed by atoms with van der Waals surface area (Å²) >= 11 is 0. The first-order valence-electron chi connectivity index (χ1n) is 4.84. The molecule has 3 heteroatoms. The zero-order valence-corrected chi connectivity index (χ0v) is 8.23. The van der Waals surface area contributed by atoms with Crippen molar-refractivity contribution in [3.05, 3.63) is 30.3 Å². The molecule has 0 aromatic heterocycles. The molecule has 14 heavy (non-hydrogen) atoms. The second-order valence-electron chi connectivity index (χ2n) is 3.54. The highest BCUT2D eigenvalue weighted by atomic mass is 16.2. The molecule has 1 saturated heterocycles. The first kappa shape index (κ1) is 9.06. The number of anilines is 1. The molecule has 0 spiro atoms. The Morgan fingerprint density at radius 1 is 1.36 bits per heavy atom. The number of rotatable bonds is 2. The molecule has 74 valence electrons. The molecule has 1 N–H and O–H groups in total. The van der Waals surface area contributed by atoms with E-state index in [0.717, 1.165) is 18.7 Å². The maximum atomic E-state index is 11.4. The van der Waals surface area contributed by atoms with Crippen molar-refractivity contribution in [3.63, 3.8) is 0 Å². The highest BCUT2D eigenvalue weighted by Crippen LogP contribution is 2.17. The van der Waals surface area contributed by atoms with Gasteiger partial charge in [-0.3, -0.25) is 4.79 Å². The van der Waals surface area contributed by atoms with Crippen molar-refractivity contribution < 1.29 is 4.79 Å². The number of amides is 1. The van der Waals surface area contributed by atoms with Crippen LogP contribution in [-0.2, 0) is 4.79 Å². The molecule has 2 rings (SSSR count). The number of carbonyl (C=O) groups is 1. The van der Waals surface area contributed by atoms with Crippen LogP contribution in [0.15, 0.2) is 30.3 Å². The van der Waals surface area contributed by atoms with Gasteiger partial charge in [0.2, 0.25) is 5.91 Å². The Labute approximate surface area is 83.7 Å². The predicted molar refractivity (Wildman–Crippen MR) is 56.3 cm³/mol. The third-order valence-electron chi connectivity index (χ3n) is 2.65. The van der Waals surface area contributed by atoms with Crippen molar-refractivity contribution in [2.75, 3.05) is 18.5 Å². The van der Waals surface area contributed by atoms with Gasteiger partial charge in [-0.05, 0) is 18.6 Å². The average molecular weight is 190 g/mol. The molecule has 1 amide bonds. The van der Waals surface area contributed by atoms with Crippen molar-refractivity contribution in [2.24, 2.45) is 0 Å². The van der Waals surface area contributed by atoms with Crippen LogP contribution >= 0.6 is 0 Å². The molecular weight excluding hydrogens is 176 g/mol. The van der Waals surface area contributed by atoms with Gasteiger partial charge in [0, 0.05) is 19.3 Å². The van der Waals surface area contributed by atoms with E-state index in [1.807, 2.05) is 42.3 Å². The first-order chi connectivity index (χ1) is 6.79. The summed E-state index contributed by atoms with van der Waals surface area (Å²) in [5.74, 6) is 0.136. The van der Waals surface area contributed by atoms with Gasteiger partial charge in [-0.15, -0.1) is 0 Å². The van der Waals surface area contributed by atoms with Crippen molar-refractivity contribution in [3.8, 4) is 0 Å². The van der Waals surface area contributed by atoms with Gasteiger partial charge in [-0.1, -0.05) is 18.2 Å². The Morgan fingerprint density at radius 2 is 2.07 bits per heavy atom. The van der Waals surface area contributed by atoms with Gasteiger partial charge in [0.25, 0.3) is 0 Å². The molecule has 0 unspecified atom stereocenters. The van der Waals surface area contributed by atoms with Crippen LogP contribution < -0.4 is 10.2 Å². The summed E-state index contributed by atoms with van der Waals surface area (Å²) in [7, 11) is 1.96. The van der Waals surface area contributed by atoms with E-state index in [1.165, 1.54) is 0 Å². The highest BCUT2D eigenvalue weighted by molar-refractivity contribution is 5.87. The fourth-order valence-corrected chi connectivity index (χ4v) is 1.79. The molecule has 1 atom stereocenters. The van der Waals surface area contributed by atoms with Gasteiger partial charge < -0.3 is 10.2 Å². The first-order valence-corrected chi connectivity index (χ1v) is 4.84. The number of carbonyl (C=O) groups excluding carboxylic acids is 1. The van der Waals surface area contributed by atoms with E-state index >= 15 is 0 Å². The summed E-state index contributed by atoms with van der Waals surface area (Å²) in [4.78, 5) is 13.5. The lowest BCUT2D eigenvalue weighted by Crippen LogP contribution is -2.37. The summed E-state index contributed by atoms with van der Waals surface area (Å²) in [5.41, 5.74) is 1.09. The number of hydrogen-bond acceptors (Lipinski definition) is 2. The third-order valence-corrected chi connectivity index (χ3v) is 2.65. The maximum Gasteiger partial charge on any atom is 0.242 e. The minimum Gasteiger partial charge on any atom is -0.363 e. The zero-order valence-electron chi connectivity index (χ0n) is 8.23. The normalized spacial score (nSPS) is 20.6. The number of nitrogens with one attached hydrogen (secondary N) is 1. The maximum absolute atomic E-state index is 11.4. The van der Waals surface area contributed by atoms with Crippen molar-refractivity contribution in [1.82, 2.24) is 5.32 Å². The van der Waals surface area contributed by atoms with E-state index in [9.17, 15) is 4.79 Å². The van der Waals surface area contributed by atoms with Crippen LogP contribution in [0, 0.1) is 0 Å². The van der Waals surface area contributed by atoms with Crippen LogP contribution in [0.5, 0.6) is 0 Å². The SMILES string of the molecule is CN(c1ccccc1)[C@H]1CCNC1=O. The largest absolute Gasteiger partial charge is 0.363 e. The third kappa shape index (κ3) is 1.58. The molecule has 0 aliphatic carbocycles. The Hall–Kier alpha value is -1.51. The van der Waals surface area contributed by atoms with Gasteiger partial charge in [-0.25, -0.2) is 0 Å². The summed E-state index contributed by atoms with van der Waals surface area (Å²) in [6.45, 7) is 0.792. The molecule has 0 radical (unpaired) electrons. The molecule has 1 aromatic carbocycles. The molecule has 1 aliphatic heterocycles. The lowest BCUT2D eigenvalue weighted by molar-refractivity contribution is -0.120. The summed E-state index contributed by atoms with van der Waals surface area (Å²) in [5, 5.41) is 2.84. The van der Waals surface area contributed by atoms with Crippen LogP contribution in [0.2, 0.25) is 0 Å². The van der Waals surface area contributed by atoms with Gasteiger partial charge in [-0.2, -0.15) is 0 Å². The van der Waals surface area contributed by atoms with Crippen molar-refractivity contribution >= 4 is 11.6 Å². The van der Waals surface area contributed by atoms with Gasteiger partial charge in [0.15, 0.2) is 0 Å². The van der Waals surface area contributed by atoms with Crippen LogP contribution in [-0.4, -0.2) is 25.5 Å². The lowest BCUT2D eigenvalue weighted by atomic mass is 10.2. The van der Waals surface area contributed by atoms with Gasteiger partial charge in [0.05, 0.1) is 0 Å². The van der Waals surface area contributed by atoms with E-state index in [0.29, 0.717) is 0 Å². The minimum absolute atomic E-state index is 0.00241. The van der Waals surface area contributed by atoms with Crippen LogP contribution in [0.25, 0.3) is 0 Å².